The number of anilines is 1. The van der Waals surface area contributed by atoms with Crippen molar-refractivity contribution in [3.8, 4) is 0 Å². The van der Waals surface area contributed by atoms with Crippen molar-refractivity contribution < 1.29 is 19.1 Å². The van der Waals surface area contributed by atoms with Gasteiger partial charge in [-0.15, -0.1) is 0 Å². The van der Waals surface area contributed by atoms with E-state index in [0.29, 0.717) is 18.5 Å². The SMILES string of the molecule is NC(=O)c1ccc(N2CCN(C3CC3)CC2)cc1[C@@H](C(=O)N1CC[C@H]2OCC(=O)[C@H]21)C1CCCC1. The third-order valence-corrected chi connectivity index (χ3v) is 8.91. The van der Waals surface area contributed by atoms with E-state index < -0.39 is 17.9 Å². The zero-order chi connectivity index (χ0) is 24.1. The Hall–Kier alpha value is -2.45. The minimum atomic E-state index is -0.500. The number of piperazine rings is 1. The second kappa shape index (κ2) is 9.21. The van der Waals surface area contributed by atoms with Crippen LogP contribution in [0.5, 0.6) is 0 Å². The highest BCUT2D eigenvalue weighted by Crippen LogP contribution is 2.42. The van der Waals surface area contributed by atoms with Crippen molar-refractivity contribution >= 4 is 23.3 Å². The smallest absolute Gasteiger partial charge is 0.249 e. The lowest BCUT2D eigenvalue weighted by molar-refractivity contribution is -0.138. The second-order valence-electron chi connectivity index (χ2n) is 11.0. The van der Waals surface area contributed by atoms with Crippen LogP contribution in [0.25, 0.3) is 0 Å². The number of primary amides is 1. The van der Waals surface area contributed by atoms with Crippen LogP contribution >= 0.6 is 0 Å². The number of nitrogens with two attached hydrogens (primary N) is 1. The summed E-state index contributed by atoms with van der Waals surface area (Å²) in [6.07, 6.45) is 7.18. The van der Waals surface area contributed by atoms with Crippen molar-refractivity contribution in [3.63, 3.8) is 0 Å². The number of likely N-dealkylation sites (tertiary alicyclic amines) is 1. The number of amides is 2. The summed E-state index contributed by atoms with van der Waals surface area (Å²) in [5.74, 6) is -0.857. The third-order valence-electron chi connectivity index (χ3n) is 8.91. The number of carbonyl (C=O) groups is 3. The van der Waals surface area contributed by atoms with E-state index in [9.17, 15) is 14.4 Å². The van der Waals surface area contributed by atoms with E-state index >= 15 is 0 Å². The van der Waals surface area contributed by atoms with Crippen molar-refractivity contribution in [1.29, 1.82) is 0 Å². The number of rotatable bonds is 6. The van der Waals surface area contributed by atoms with Crippen LogP contribution in [0.4, 0.5) is 5.69 Å². The lowest BCUT2D eigenvalue weighted by Gasteiger charge is -2.37. The summed E-state index contributed by atoms with van der Waals surface area (Å²) in [5.41, 5.74) is 8.07. The average molecular weight is 481 g/mol. The van der Waals surface area contributed by atoms with Gasteiger partial charge in [0.25, 0.3) is 0 Å². The molecule has 1 aromatic carbocycles. The summed E-state index contributed by atoms with van der Waals surface area (Å²) in [6.45, 7) is 4.58. The lowest BCUT2D eigenvalue weighted by Crippen LogP contribution is -2.47. The Morgan fingerprint density at radius 2 is 1.71 bits per heavy atom. The van der Waals surface area contributed by atoms with Crippen LogP contribution < -0.4 is 10.6 Å². The molecule has 0 bridgehead atoms. The molecule has 2 saturated carbocycles. The number of ether oxygens (including phenoxy) is 1. The molecule has 3 saturated heterocycles. The van der Waals surface area contributed by atoms with Gasteiger partial charge in [0.05, 0.1) is 12.0 Å². The van der Waals surface area contributed by atoms with E-state index in [2.05, 4.69) is 9.80 Å². The number of nitrogens with zero attached hydrogens (tertiary/aromatic N) is 3. The first-order valence-electron chi connectivity index (χ1n) is 13.4. The van der Waals surface area contributed by atoms with Crippen molar-refractivity contribution in [2.75, 3.05) is 44.2 Å². The van der Waals surface area contributed by atoms with Crippen LogP contribution in [0, 0.1) is 5.92 Å². The van der Waals surface area contributed by atoms with Gasteiger partial charge in [-0.1, -0.05) is 12.8 Å². The molecule has 0 unspecified atom stereocenters. The maximum absolute atomic E-state index is 14.2. The molecule has 2 aliphatic carbocycles. The summed E-state index contributed by atoms with van der Waals surface area (Å²) < 4.78 is 5.64. The molecule has 5 fully saturated rings. The topological polar surface area (TPSA) is 96.2 Å². The molecule has 8 heteroatoms. The van der Waals surface area contributed by atoms with Gasteiger partial charge in [0.15, 0.2) is 5.78 Å². The standard InChI is InChI=1S/C27H36N4O4/c28-26(33)20-8-7-19(30-13-11-29(12-14-30)18-5-6-18)15-21(20)24(17-3-1-2-4-17)27(34)31-10-9-23-25(31)22(32)16-35-23/h7-8,15,17-18,23-25H,1-6,9-14,16H2,(H2,28,33)/t23-,24+,25-/m1/s1. The fraction of sp³-hybridized carbons (Fsp3) is 0.667. The fourth-order valence-corrected chi connectivity index (χ4v) is 6.91. The Bertz CT molecular complexity index is 1010. The fourth-order valence-electron chi connectivity index (χ4n) is 6.91. The first-order valence-corrected chi connectivity index (χ1v) is 13.4. The van der Waals surface area contributed by atoms with Gasteiger partial charge in [-0.3, -0.25) is 19.3 Å². The zero-order valence-electron chi connectivity index (χ0n) is 20.4. The predicted octanol–water partition coefficient (Wildman–Crippen LogP) is 1.91. The normalized spacial score (nSPS) is 28.5. The summed E-state index contributed by atoms with van der Waals surface area (Å²) in [7, 11) is 0. The molecule has 0 radical (unpaired) electrons. The molecule has 6 rings (SSSR count). The van der Waals surface area contributed by atoms with E-state index in [-0.39, 0.29) is 30.3 Å². The number of hydrogen-bond acceptors (Lipinski definition) is 6. The molecule has 8 nitrogen and oxygen atoms in total. The number of Topliss-reactive ketones (excluding diaryl/α,β-unsaturated/α-hetero) is 1. The summed E-state index contributed by atoms with van der Waals surface area (Å²) in [5, 5.41) is 0. The molecule has 3 atom stereocenters. The molecule has 1 aromatic rings. The molecule has 35 heavy (non-hydrogen) atoms. The number of carbonyl (C=O) groups excluding carboxylic acids is 3. The van der Waals surface area contributed by atoms with Gasteiger partial charge in [0.1, 0.15) is 12.6 Å². The minimum absolute atomic E-state index is 0.0107. The monoisotopic (exact) mass is 480 g/mol. The lowest BCUT2D eigenvalue weighted by atomic mass is 9.80. The quantitative estimate of drug-likeness (QED) is 0.668. The van der Waals surface area contributed by atoms with E-state index in [4.69, 9.17) is 10.5 Å². The van der Waals surface area contributed by atoms with Crippen molar-refractivity contribution in [1.82, 2.24) is 9.80 Å². The molecule has 188 valence electrons. The van der Waals surface area contributed by atoms with E-state index in [1.165, 1.54) is 12.8 Å². The largest absolute Gasteiger partial charge is 0.369 e. The highest BCUT2D eigenvalue weighted by molar-refractivity contribution is 5.99. The number of ketones is 1. The van der Waals surface area contributed by atoms with Gasteiger partial charge < -0.3 is 20.3 Å². The molecule has 0 aromatic heterocycles. The van der Waals surface area contributed by atoms with Crippen LogP contribution in [0.15, 0.2) is 18.2 Å². The van der Waals surface area contributed by atoms with Crippen molar-refractivity contribution in [3.05, 3.63) is 29.3 Å². The Balaban J connectivity index is 1.33. The molecule has 0 spiro atoms. The number of benzene rings is 1. The Morgan fingerprint density at radius 3 is 2.40 bits per heavy atom. The van der Waals surface area contributed by atoms with Gasteiger partial charge in [-0.2, -0.15) is 0 Å². The maximum Gasteiger partial charge on any atom is 0.249 e. The first-order chi connectivity index (χ1) is 17.0. The van der Waals surface area contributed by atoms with Crippen molar-refractivity contribution in [2.45, 2.75) is 69.1 Å². The molecular formula is C27H36N4O4. The van der Waals surface area contributed by atoms with E-state index in [1.54, 1.807) is 4.90 Å². The molecular weight excluding hydrogens is 444 g/mol. The van der Waals surface area contributed by atoms with Gasteiger partial charge in [-0.25, -0.2) is 0 Å². The van der Waals surface area contributed by atoms with Crippen LogP contribution in [-0.2, 0) is 14.3 Å². The molecule has 3 heterocycles. The van der Waals surface area contributed by atoms with Crippen LogP contribution in [-0.4, -0.2) is 84.9 Å². The highest BCUT2D eigenvalue weighted by Gasteiger charge is 2.49. The zero-order valence-corrected chi connectivity index (χ0v) is 20.4. The third kappa shape index (κ3) is 4.25. The maximum atomic E-state index is 14.2. The minimum Gasteiger partial charge on any atom is -0.369 e. The Kier molecular flexibility index (Phi) is 6.05. The number of fused-ring (bicyclic) bond motifs is 1. The number of hydrogen-bond donors (Lipinski definition) is 1. The molecule has 3 aliphatic heterocycles. The summed E-state index contributed by atoms with van der Waals surface area (Å²) in [4.78, 5) is 45.9. The van der Waals surface area contributed by atoms with Crippen LogP contribution in [0.1, 0.15) is 66.8 Å². The highest BCUT2D eigenvalue weighted by atomic mass is 16.5. The van der Waals surface area contributed by atoms with Crippen LogP contribution in [0.3, 0.4) is 0 Å². The average Bonchev–Trinajstić information content (AvgIpc) is 3.23. The van der Waals surface area contributed by atoms with Crippen molar-refractivity contribution in [2.24, 2.45) is 11.7 Å². The molecule has 2 amide bonds. The molecule has 5 aliphatic rings. The van der Waals surface area contributed by atoms with Gasteiger partial charge in [-0.05, 0) is 61.8 Å². The van der Waals surface area contributed by atoms with Gasteiger partial charge in [0, 0.05) is 50.0 Å². The van der Waals surface area contributed by atoms with Gasteiger partial charge >= 0.3 is 0 Å². The van der Waals surface area contributed by atoms with E-state index in [0.717, 1.165) is 69.2 Å². The second-order valence-corrected chi connectivity index (χ2v) is 11.0. The predicted molar refractivity (Wildman–Crippen MR) is 131 cm³/mol. The van der Waals surface area contributed by atoms with Crippen LogP contribution in [0.2, 0.25) is 0 Å². The Labute approximate surface area is 206 Å². The van der Waals surface area contributed by atoms with E-state index in [1.807, 2.05) is 18.2 Å². The summed E-state index contributed by atoms with van der Waals surface area (Å²) >= 11 is 0. The first kappa shape index (κ1) is 23.0. The molecule has 2 N–H and O–H groups in total. The summed E-state index contributed by atoms with van der Waals surface area (Å²) in [6, 6.07) is 6.12. The van der Waals surface area contributed by atoms with Gasteiger partial charge in [0.2, 0.25) is 11.8 Å². The Morgan fingerprint density at radius 1 is 0.971 bits per heavy atom.